The van der Waals surface area contributed by atoms with E-state index >= 15 is 0 Å². The van der Waals surface area contributed by atoms with Gasteiger partial charge in [0.1, 0.15) is 17.3 Å². The van der Waals surface area contributed by atoms with Crippen molar-refractivity contribution in [3.8, 4) is 5.69 Å². The highest BCUT2D eigenvalue weighted by Gasteiger charge is 2.18. The number of anilines is 2. The molecule has 10 heteroatoms. The highest BCUT2D eigenvalue weighted by molar-refractivity contribution is 7.92. The van der Waals surface area contributed by atoms with Gasteiger partial charge in [0.15, 0.2) is 0 Å². The third-order valence-corrected chi connectivity index (χ3v) is 6.23. The van der Waals surface area contributed by atoms with Crippen LogP contribution in [0.15, 0.2) is 83.9 Å². The number of benzene rings is 3. The van der Waals surface area contributed by atoms with Gasteiger partial charge in [-0.25, -0.2) is 21.9 Å². The molecule has 1 amide bonds. The van der Waals surface area contributed by atoms with Gasteiger partial charge in [0, 0.05) is 5.69 Å². The van der Waals surface area contributed by atoms with Crippen LogP contribution in [0.5, 0.6) is 0 Å². The Balaban J connectivity index is 1.49. The molecule has 0 radical (unpaired) electrons. The van der Waals surface area contributed by atoms with Gasteiger partial charge < -0.3 is 5.32 Å². The van der Waals surface area contributed by atoms with Crippen LogP contribution in [-0.4, -0.2) is 24.1 Å². The van der Waals surface area contributed by atoms with E-state index in [4.69, 9.17) is 0 Å². The van der Waals surface area contributed by atoms with Gasteiger partial charge in [-0.1, -0.05) is 18.2 Å². The van der Waals surface area contributed by atoms with Crippen LogP contribution >= 0.6 is 0 Å². The van der Waals surface area contributed by atoms with Crippen LogP contribution < -0.4 is 10.0 Å². The number of carbonyl (C=O) groups is 1. The Morgan fingerprint density at radius 1 is 0.939 bits per heavy atom. The number of rotatable bonds is 6. The summed E-state index contributed by atoms with van der Waals surface area (Å²) in [6.07, 6.45) is 1.33. The Hall–Kier alpha value is -4.05. The maximum atomic E-state index is 14.1. The summed E-state index contributed by atoms with van der Waals surface area (Å²) in [5, 5.41) is 6.77. The number of sulfonamides is 1. The Labute approximate surface area is 188 Å². The van der Waals surface area contributed by atoms with E-state index in [-0.39, 0.29) is 21.8 Å². The Morgan fingerprint density at radius 3 is 2.36 bits per heavy atom. The lowest BCUT2D eigenvalue weighted by molar-refractivity contribution is 0.102. The summed E-state index contributed by atoms with van der Waals surface area (Å²) in [4.78, 5) is 12.6. The molecule has 0 fully saturated rings. The molecular formula is C23H18F2N4O3S. The molecule has 3 aromatic carbocycles. The first kappa shape index (κ1) is 22.2. The van der Waals surface area contributed by atoms with Crippen LogP contribution in [0.1, 0.15) is 16.1 Å². The summed E-state index contributed by atoms with van der Waals surface area (Å²) in [5.74, 6) is -1.52. The fourth-order valence-corrected chi connectivity index (χ4v) is 4.23. The second-order valence-electron chi connectivity index (χ2n) is 7.10. The Bertz CT molecular complexity index is 1430. The first-order valence-corrected chi connectivity index (χ1v) is 11.2. The van der Waals surface area contributed by atoms with E-state index in [9.17, 15) is 22.0 Å². The molecule has 168 valence electrons. The van der Waals surface area contributed by atoms with Gasteiger partial charge in [0.25, 0.3) is 15.9 Å². The molecule has 1 aromatic heterocycles. The number of nitrogens with one attached hydrogen (secondary N) is 2. The lowest BCUT2D eigenvalue weighted by Crippen LogP contribution is -2.15. The van der Waals surface area contributed by atoms with Crippen molar-refractivity contribution in [2.75, 3.05) is 10.0 Å². The SMILES string of the molecule is Cc1c(C(=O)Nc2ccc(S(=O)(=O)Nc3cccc(F)c3)cc2)cnn1-c1ccccc1F. The lowest BCUT2D eigenvalue weighted by Gasteiger charge is -2.10. The molecule has 0 unspecified atom stereocenters. The molecule has 4 rings (SSSR count). The van der Waals surface area contributed by atoms with E-state index in [1.165, 1.54) is 59.4 Å². The second kappa shape index (κ2) is 8.83. The molecule has 0 aliphatic heterocycles. The average molecular weight is 468 g/mol. The van der Waals surface area contributed by atoms with Crippen molar-refractivity contribution in [3.63, 3.8) is 0 Å². The number of halogens is 2. The molecule has 0 aliphatic carbocycles. The zero-order valence-electron chi connectivity index (χ0n) is 17.3. The molecule has 1 heterocycles. The molecule has 0 atom stereocenters. The van der Waals surface area contributed by atoms with E-state index in [0.717, 1.165) is 6.07 Å². The van der Waals surface area contributed by atoms with Crippen LogP contribution in [0, 0.1) is 18.6 Å². The first-order valence-electron chi connectivity index (χ1n) is 9.74. The fourth-order valence-electron chi connectivity index (χ4n) is 3.18. The number of carbonyl (C=O) groups excluding carboxylic acids is 1. The minimum Gasteiger partial charge on any atom is -0.322 e. The average Bonchev–Trinajstić information content (AvgIpc) is 3.15. The zero-order valence-corrected chi connectivity index (χ0v) is 18.1. The highest BCUT2D eigenvalue weighted by Crippen LogP contribution is 2.21. The number of hydrogen-bond acceptors (Lipinski definition) is 4. The topological polar surface area (TPSA) is 93.1 Å². The summed E-state index contributed by atoms with van der Waals surface area (Å²) in [7, 11) is -3.94. The molecule has 7 nitrogen and oxygen atoms in total. The maximum Gasteiger partial charge on any atom is 0.261 e. The summed E-state index contributed by atoms with van der Waals surface area (Å²) < 4.78 is 56.0. The Kier molecular flexibility index (Phi) is 5.93. The summed E-state index contributed by atoms with van der Waals surface area (Å²) >= 11 is 0. The molecule has 0 bridgehead atoms. The molecule has 0 spiro atoms. The largest absolute Gasteiger partial charge is 0.322 e. The van der Waals surface area contributed by atoms with Crippen LogP contribution in [0.3, 0.4) is 0 Å². The zero-order chi connectivity index (χ0) is 23.6. The molecule has 2 N–H and O–H groups in total. The van der Waals surface area contributed by atoms with Crippen molar-refractivity contribution in [2.24, 2.45) is 0 Å². The molecule has 33 heavy (non-hydrogen) atoms. The van der Waals surface area contributed by atoms with Crippen molar-refractivity contribution in [1.29, 1.82) is 0 Å². The van der Waals surface area contributed by atoms with E-state index in [2.05, 4.69) is 15.1 Å². The van der Waals surface area contributed by atoms with E-state index < -0.39 is 27.6 Å². The minimum absolute atomic E-state index is 0.0617. The van der Waals surface area contributed by atoms with Gasteiger partial charge in [-0.05, 0) is 61.5 Å². The van der Waals surface area contributed by atoms with Gasteiger partial charge >= 0.3 is 0 Å². The van der Waals surface area contributed by atoms with Crippen molar-refractivity contribution in [1.82, 2.24) is 9.78 Å². The highest BCUT2D eigenvalue weighted by atomic mass is 32.2. The first-order chi connectivity index (χ1) is 15.7. The van der Waals surface area contributed by atoms with Crippen molar-refractivity contribution >= 4 is 27.3 Å². The standard InChI is InChI=1S/C23H18F2N4O3S/c1-15-20(14-26-29(15)22-8-3-2-7-21(22)25)23(30)27-17-9-11-19(12-10-17)33(31,32)28-18-6-4-5-16(24)13-18/h2-14,28H,1H3,(H,27,30). The monoisotopic (exact) mass is 468 g/mol. The third kappa shape index (κ3) is 4.75. The van der Waals surface area contributed by atoms with E-state index in [0.29, 0.717) is 11.4 Å². The maximum absolute atomic E-state index is 14.1. The van der Waals surface area contributed by atoms with Crippen LogP contribution in [-0.2, 0) is 10.0 Å². The van der Waals surface area contributed by atoms with Gasteiger partial charge in [-0.3, -0.25) is 9.52 Å². The molecular weight excluding hydrogens is 450 g/mol. The quantitative estimate of drug-likeness (QED) is 0.435. The van der Waals surface area contributed by atoms with Gasteiger partial charge in [0.05, 0.1) is 28.0 Å². The van der Waals surface area contributed by atoms with Gasteiger partial charge in [-0.2, -0.15) is 5.10 Å². The van der Waals surface area contributed by atoms with E-state index in [1.54, 1.807) is 25.1 Å². The molecule has 4 aromatic rings. The molecule has 0 aliphatic rings. The lowest BCUT2D eigenvalue weighted by atomic mass is 10.2. The van der Waals surface area contributed by atoms with Crippen LogP contribution in [0.4, 0.5) is 20.2 Å². The Morgan fingerprint density at radius 2 is 1.67 bits per heavy atom. The van der Waals surface area contributed by atoms with Crippen LogP contribution in [0.2, 0.25) is 0 Å². The number of hydrogen-bond donors (Lipinski definition) is 2. The number of para-hydroxylation sites is 1. The summed E-state index contributed by atoms with van der Waals surface area (Å²) in [5.41, 5.74) is 1.34. The predicted octanol–water partition coefficient (Wildman–Crippen LogP) is 4.51. The second-order valence-corrected chi connectivity index (χ2v) is 8.78. The normalized spacial score (nSPS) is 11.2. The number of amides is 1. The third-order valence-electron chi connectivity index (χ3n) is 4.83. The van der Waals surface area contributed by atoms with Crippen molar-refractivity contribution in [3.05, 3.63) is 102 Å². The van der Waals surface area contributed by atoms with Crippen molar-refractivity contribution < 1.29 is 22.0 Å². The predicted molar refractivity (Wildman–Crippen MR) is 120 cm³/mol. The minimum atomic E-state index is -3.94. The van der Waals surface area contributed by atoms with Gasteiger partial charge in [-0.15, -0.1) is 0 Å². The number of aromatic nitrogens is 2. The number of nitrogens with zero attached hydrogens (tertiary/aromatic N) is 2. The summed E-state index contributed by atoms with van der Waals surface area (Å²) in [6, 6.07) is 16.6. The summed E-state index contributed by atoms with van der Waals surface area (Å²) in [6.45, 7) is 1.64. The smallest absolute Gasteiger partial charge is 0.261 e. The van der Waals surface area contributed by atoms with Crippen molar-refractivity contribution in [2.45, 2.75) is 11.8 Å². The molecule has 0 saturated heterocycles. The van der Waals surface area contributed by atoms with Crippen LogP contribution in [0.25, 0.3) is 5.69 Å². The molecule has 0 saturated carbocycles. The fraction of sp³-hybridized carbons (Fsp3) is 0.0435. The van der Waals surface area contributed by atoms with Gasteiger partial charge in [0.2, 0.25) is 0 Å². The van der Waals surface area contributed by atoms with E-state index in [1.807, 2.05) is 0 Å².